The van der Waals surface area contributed by atoms with Crippen molar-refractivity contribution in [3.05, 3.63) is 23.9 Å². The number of anilines is 1. The molecule has 0 radical (unpaired) electrons. The summed E-state index contributed by atoms with van der Waals surface area (Å²) in [5, 5.41) is 3.54. The first-order chi connectivity index (χ1) is 8.81. The lowest BCUT2D eigenvalue weighted by atomic mass is 9.97. The summed E-state index contributed by atoms with van der Waals surface area (Å²) in [5.74, 6) is 1.95. The highest BCUT2D eigenvalue weighted by molar-refractivity contribution is 5.46. The van der Waals surface area contributed by atoms with Gasteiger partial charge in [-0.15, -0.1) is 0 Å². The molecule has 0 amide bonds. The summed E-state index contributed by atoms with van der Waals surface area (Å²) in [7, 11) is 0. The minimum absolute atomic E-state index is 0.770. The van der Waals surface area contributed by atoms with Crippen LogP contribution in [0, 0.1) is 12.8 Å². The zero-order valence-electron chi connectivity index (χ0n) is 11.7. The van der Waals surface area contributed by atoms with Crippen LogP contribution in [0.3, 0.4) is 0 Å². The molecule has 1 unspecified atom stereocenters. The first-order valence-electron chi connectivity index (χ1n) is 7.18. The summed E-state index contributed by atoms with van der Waals surface area (Å²) < 4.78 is 0. The molecule has 2 heterocycles. The molecule has 1 fully saturated rings. The summed E-state index contributed by atoms with van der Waals surface area (Å²) in [6.45, 7) is 8.96. The van der Waals surface area contributed by atoms with Gasteiger partial charge in [0.05, 0.1) is 0 Å². The molecule has 18 heavy (non-hydrogen) atoms. The fraction of sp³-hybridized carbons (Fsp3) is 0.667. The zero-order chi connectivity index (χ0) is 12.8. The third kappa shape index (κ3) is 3.45. The second-order valence-electron chi connectivity index (χ2n) is 5.30. The van der Waals surface area contributed by atoms with Crippen molar-refractivity contribution >= 4 is 5.82 Å². The van der Waals surface area contributed by atoms with E-state index in [1.165, 1.54) is 30.6 Å². The van der Waals surface area contributed by atoms with Crippen LogP contribution >= 0.6 is 0 Å². The van der Waals surface area contributed by atoms with Crippen molar-refractivity contribution in [1.29, 1.82) is 0 Å². The Morgan fingerprint density at radius 2 is 2.39 bits per heavy atom. The van der Waals surface area contributed by atoms with Crippen LogP contribution in [0.4, 0.5) is 5.82 Å². The summed E-state index contributed by atoms with van der Waals surface area (Å²) >= 11 is 0. The Labute approximate surface area is 111 Å². The van der Waals surface area contributed by atoms with Crippen LogP contribution in [0.5, 0.6) is 0 Å². The van der Waals surface area contributed by atoms with Crippen molar-refractivity contribution in [2.75, 3.05) is 31.1 Å². The second kappa shape index (κ2) is 6.74. The van der Waals surface area contributed by atoms with Crippen molar-refractivity contribution in [2.24, 2.45) is 5.92 Å². The molecule has 100 valence electrons. The highest BCUT2D eigenvalue weighted by Crippen LogP contribution is 2.23. The quantitative estimate of drug-likeness (QED) is 0.811. The number of pyridine rings is 1. The number of hydrogen-bond acceptors (Lipinski definition) is 3. The zero-order valence-corrected chi connectivity index (χ0v) is 11.7. The summed E-state index contributed by atoms with van der Waals surface area (Å²) in [6.07, 6.45) is 5.75. The largest absolute Gasteiger partial charge is 0.356 e. The van der Waals surface area contributed by atoms with Gasteiger partial charge in [0.2, 0.25) is 0 Å². The van der Waals surface area contributed by atoms with Crippen molar-refractivity contribution < 1.29 is 0 Å². The van der Waals surface area contributed by atoms with Crippen LogP contribution in [0.15, 0.2) is 18.3 Å². The van der Waals surface area contributed by atoms with E-state index in [1.54, 1.807) is 0 Å². The lowest BCUT2D eigenvalue weighted by molar-refractivity contribution is 0.391. The number of rotatable bonds is 5. The standard InChI is InChI=1S/C15H25N3/c1-3-8-16-11-14-7-5-10-18(12-14)15-13(2)6-4-9-17-15/h4,6,9,14,16H,3,5,7-8,10-12H2,1-2H3. The van der Waals surface area contributed by atoms with Gasteiger partial charge in [-0.25, -0.2) is 4.98 Å². The first-order valence-corrected chi connectivity index (χ1v) is 7.18. The molecule has 0 aliphatic carbocycles. The van der Waals surface area contributed by atoms with Crippen molar-refractivity contribution in [3.8, 4) is 0 Å². The Morgan fingerprint density at radius 3 is 3.17 bits per heavy atom. The van der Waals surface area contributed by atoms with Crippen molar-refractivity contribution in [2.45, 2.75) is 33.1 Å². The number of nitrogens with zero attached hydrogens (tertiary/aromatic N) is 2. The Kier molecular flexibility index (Phi) is 5.00. The highest BCUT2D eigenvalue weighted by atomic mass is 15.2. The van der Waals surface area contributed by atoms with Crippen LogP contribution in [-0.2, 0) is 0 Å². The predicted molar refractivity (Wildman–Crippen MR) is 77.1 cm³/mol. The van der Waals surface area contributed by atoms with Gasteiger partial charge in [-0.05, 0) is 56.8 Å². The molecule has 1 atom stereocenters. The monoisotopic (exact) mass is 247 g/mol. The minimum atomic E-state index is 0.770. The maximum absolute atomic E-state index is 4.54. The molecular formula is C15H25N3. The maximum atomic E-state index is 4.54. The molecule has 0 aromatic carbocycles. The molecule has 1 aliphatic heterocycles. The SMILES string of the molecule is CCCNCC1CCCN(c2ncccc2C)C1. The smallest absolute Gasteiger partial charge is 0.131 e. The van der Waals surface area contributed by atoms with E-state index in [4.69, 9.17) is 0 Å². The fourth-order valence-corrected chi connectivity index (χ4v) is 2.72. The molecule has 0 bridgehead atoms. The third-order valence-electron chi connectivity index (χ3n) is 3.66. The average Bonchev–Trinajstić information content (AvgIpc) is 2.40. The topological polar surface area (TPSA) is 28.2 Å². The van der Waals surface area contributed by atoms with Crippen LogP contribution in [0.2, 0.25) is 0 Å². The molecule has 0 spiro atoms. The number of aromatic nitrogens is 1. The molecule has 2 rings (SSSR count). The molecule has 3 nitrogen and oxygen atoms in total. The van der Waals surface area contributed by atoms with Gasteiger partial charge in [0.25, 0.3) is 0 Å². The van der Waals surface area contributed by atoms with Crippen LogP contribution in [-0.4, -0.2) is 31.2 Å². The van der Waals surface area contributed by atoms with Gasteiger partial charge >= 0.3 is 0 Å². The summed E-state index contributed by atoms with van der Waals surface area (Å²) in [4.78, 5) is 6.99. The van der Waals surface area contributed by atoms with Crippen LogP contribution in [0.25, 0.3) is 0 Å². The van der Waals surface area contributed by atoms with E-state index in [0.717, 1.165) is 32.1 Å². The van der Waals surface area contributed by atoms with Crippen molar-refractivity contribution in [3.63, 3.8) is 0 Å². The molecule has 3 heteroatoms. The summed E-state index contributed by atoms with van der Waals surface area (Å²) in [5.41, 5.74) is 1.29. The van der Waals surface area contributed by atoms with E-state index in [9.17, 15) is 0 Å². The fourth-order valence-electron chi connectivity index (χ4n) is 2.72. The van der Waals surface area contributed by atoms with Gasteiger partial charge in [0.15, 0.2) is 0 Å². The Morgan fingerprint density at radius 1 is 1.50 bits per heavy atom. The molecule has 0 saturated carbocycles. The Bertz CT molecular complexity index is 365. The normalized spacial score (nSPS) is 20.1. The van der Waals surface area contributed by atoms with Crippen molar-refractivity contribution in [1.82, 2.24) is 10.3 Å². The van der Waals surface area contributed by atoms with E-state index >= 15 is 0 Å². The Hall–Kier alpha value is -1.09. The van der Waals surface area contributed by atoms with Gasteiger partial charge in [-0.2, -0.15) is 0 Å². The van der Waals surface area contributed by atoms with Gasteiger partial charge in [0.1, 0.15) is 5.82 Å². The van der Waals surface area contributed by atoms with E-state index in [-0.39, 0.29) is 0 Å². The molecule has 1 saturated heterocycles. The second-order valence-corrected chi connectivity index (χ2v) is 5.30. The lowest BCUT2D eigenvalue weighted by Crippen LogP contribution is -2.40. The van der Waals surface area contributed by atoms with Gasteiger partial charge in [-0.3, -0.25) is 0 Å². The summed E-state index contributed by atoms with van der Waals surface area (Å²) in [6, 6.07) is 4.17. The number of nitrogens with one attached hydrogen (secondary N) is 1. The minimum Gasteiger partial charge on any atom is -0.356 e. The highest BCUT2D eigenvalue weighted by Gasteiger charge is 2.21. The molecule has 1 aliphatic rings. The predicted octanol–water partition coefficient (Wildman–Crippen LogP) is 2.61. The number of piperidine rings is 1. The van der Waals surface area contributed by atoms with Gasteiger partial charge in [0, 0.05) is 19.3 Å². The maximum Gasteiger partial charge on any atom is 0.131 e. The average molecular weight is 247 g/mol. The lowest BCUT2D eigenvalue weighted by Gasteiger charge is -2.34. The molecule has 1 aromatic heterocycles. The molecular weight excluding hydrogens is 222 g/mol. The number of aryl methyl sites for hydroxylation is 1. The van der Waals surface area contributed by atoms with E-state index in [2.05, 4.69) is 35.1 Å². The molecule has 1 aromatic rings. The van der Waals surface area contributed by atoms with E-state index in [1.807, 2.05) is 12.3 Å². The molecule has 1 N–H and O–H groups in total. The third-order valence-corrected chi connectivity index (χ3v) is 3.66. The van der Waals surface area contributed by atoms with Gasteiger partial charge in [-0.1, -0.05) is 13.0 Å². The van der Waals surface area contributed by atoms with Crippen LogP contribution < -0.4 is 10.2 Å². The Balaban J connectivity index is 1.92. The van der Waals surface area contributed by atoms with Crippen LogP contribution in [0.1, 0.15) is 31.7 Å². The van der Waals surface area contributed by atoms with E-state index < -0.39 is 0 Å². The first kappa shape index (κ1) is 13.3. The van der Waals surface area contributed by atoms with E-state index in [0.29, 0.717) is 0 Å². The number of hydrogen-bond donors (Lipinski definition) is 1. The van der Waals surface area contributed by atoms with Gasteiger partial charge < -0.3 is 10.2 Å².